The number of hydrogen-bond acceptors (Lipinski definition) is 2. The molecule has 2 rings (SSSR count). The first kappa shape index (κ1) is 11.3. The molecule has 1 fully saturated rings. The van der Waals surface area contributed by atoms with Gasteiger partial charge in [-0.2, -0.15) is 0 Å². The Balaban J connectivity index is 1.88. The lowest BCUT2D eigenvalue weighted by Crippen LogP contribution is -2.24. The van der Waals surface area contributed by atoms with Crippen LogP contribution in [-0.2, 0) is 0 Å². The van der Waals surface area contributed by atoms with Crippen LogP contribution >= 0.6 is 11.6 Å². The van der Waals surface area contributed by atoms with Crippen LogP contribution in [0.3, 0.4) is 0 Å². The molecule has 0 saturated heterocycles. The SMILES string of the molecule is Nc1ccc(C(=O)NCCC2CC2)cc1Cl. The predicted molar refractivity (Wildman–Crippen MR) is 65.5 cm³/mol. The van der Waals surface area contributed by atoms with E-state index in [0.717, 1.165) is 18.9 Å². The van der Waals surface area contributed by atoms with Crippen molar-refractivity contribution in [3.05, 3.63) is 28.8 Å². The van der Waals surface area contributed by atoms with E-state index in [2.05, 4.69) is 5.32 Å². The summed E-state index contributed by atoms with van der Waals surface area (Å²) in [4.78, 5) is 11.7. The first-order chi connectivity index (χ1) is 7.66. The summed E-state index contributed by atoms with van der Waals surface area (Å²) < 4.78 is 0. The fourth-order valence-corrected chi connectivity index (χ4v) is 1.75. The van der Waals surface area contributed by atoms with Gasteiger partial charge in [0.2, 0.25) is 0 Å². The molecule has 3 N–H and O–H groups in total. The maximum Gasteiger partial charge on any atom is 0.251 e. The van der Waals surface area contributed by atoms with Gasteiger partial charge in [-0.25, -0.2) is 0 Å². The molecule has 0 atom stereocenters. The highest BCUT2D eigenvalue weighted by Gasteiger charge is 2.20. The molecule has 0 unspecified atom stereocenters. The molecule has 1 aromatic rings. The quantitative estimate of drug-likeness (QED) is 0.792. The van der Waals surface area contributed by atoms with E-state index in [1.54, 1.807) is 18.2 Å². The van der Waals surface area contributed by atoms with Crippen molar-refractivity contribution in [2.24, 2.45) is 5.92 Å². The van der Waals surface area contributed by atoms with Crippen molar-refractivity contribution in [3.63, 3.8) is 0 Å². The van der Waals surface area contributed by atoms with E-state index < -0.39 is 0 Å². The van der Waals surface area contributed by atoms with Crippen LogP contribution in [0.4, 0.5) is 5.69 Å². The van der Waals surface area contributed by atoms with Gasteiger partial charge in [-0.1, -0.05) is 24.4 Å². The fraction of sp³-hybridized carbons (Fsp3) is 0.417. The van der Waals surface area contributed by atoms with Crippen LogP contribution in [0.5, 0.6) is 0 Å². The minimum Gasteiger partial charge on any atom is -0.398 e. The third-order valence-electron chi connectivity index (χ3n) is 2.80. The summed E-state index contributed by atoms with van der Waals surface area (Å²) in [5.74, 6) is 0.748. The normalized spacial score (nSPS) is 14.8. The van der Waals surface area contributed by atoms with E-state index in [1.807, 2.05) is 0 Å². The number of nitrogen functional groups attached to an aromatic ring is 1. The van der Waals surface area contributed by atoms with Crippen molar-refractivity contribution < 1.29 is 4.79 Å². The number of carbonyl (C=O) groups is 1. The van der Waals surface area contributed by atoms with E-state index in [9.17, 15) is 4.79 Å². The highest BCUT2D eigenvalue weighted by Crippen LogP contribution is 2.31. The van der Waals surface area contributed by atoms with Gasteiger partial charge in [-0.15, -0.1) is 0 Å². The zero-order chi connectivity index (χ0) is 11.5. The molecule has 0 bridgehead atoms. The Bertz CT molecular complexity index is 402. The first-order valence-electron chi connectivity index (χ1n) is 5.50. The number of benzene rings is 1. The molecule has 1 aromatic carbocycles. The predicted octanol–water partition coefficient (Wildman–Crippen LogP) is 2.45. The molecule has 1 saturated carbocycles. The summed E-state index contributed by atoms with van der Waals surface area (Å²) in [6.07, 6.45) is 3.70. The third kappa shape index (κ3) is 2.89. The van der Waals surface area contributed by atoms with Gasteiger partial charge in [-0.05, 0) is 30.5 Å². The second-order valence-corrected chi connectivity index (χ2v) is 4.63. The summed E-state index contributed by atoms with van der Waals surface area (Å²) in [5, 5.41) is 3.30. The number of nitrogens with two attached hydrogens (primary N) is 1. The van der Waals surface area contributed by atoms with Crippen LogP contribution < -0.4 is 11.1 Å². The zero-order valence-corrected chi connectivity index (χ0v) is 9.76. The molecule has 0 heterocycles. The van der Waals surface area contributed by atoms with E-state index in [-0.39, 0.29) is 5.91 Å². The molecule has 0 aromatic heterocycles. The lowest BCUT2D eigenvalue weighted by atomic mass is 10.2. The smallest absolute Gasteiger partial charge is 0.251 e. The Hall–Kier alpha value is -1.22. The van der Waals surface area contributed by atoms with Gasteiger partial charge >= 0.3 is 0 Å². The molecule has 0 aliphatic heterocycles. The molecule has 16 heavy (non-hydrogen) atoms. The zero-order valence-electron chi connectivity index (χ0n) is 9.00. The number of rotatable bonds is 4. The van der Waals surface area contributed by atoms with Crippen molar-refractivity contribution in [2.75, 3.05) is 12.3 Å². The average Bonchev–Trinajstić information content (AvgIpc) is 3.06. The fourth-order valence-electron chi connectivity index (χ4n) is 1.57. The maximum atomic E-state index is 11.7. The monoisotopic (exact) mass is 238 g/mol. The molecule has 1 aliphatic rings. The number of amides is 1. The van der Waals surface area contributed by atoms with E-state index in [1.165, 1.54) is 12.8 Å². The van der Waals surface area contributed by atoms with E-state index in [0.29, 0.717) is 16.3 Å². The molecular weight excluding hydrogens is 224 g/mol. The molecule has 1 aliphatic carbocycles. The van der Waals surface area contributed by atoms with Crippen LogP contribution in [0.25, 0.3) is 0 Å². The topological polar surface area (TPSA) is 55.1 Å². The molecule has 3 nitrogen and oxygen atoms in total. The van der Waals surface area contributed by atoms with Gasteiger partial charge < -0.3 is 11.1 Å². The first-order valence-corrected chi connectivity index (χ1v) is 5.88. The molecule has 0 spiro atoms. The number of nitrogens with one attached hydrogen (secondary N) is 1. The number of halogens is 1. The van der Waals surface area contributed by atoms with Crippen molar-refractivity contribution in [2.45, 2.75) is 19.3 Å². The van der Waals surface area contributed by atoms with Gasteiger partial charge in [0.15, 0.2) is 0 Å². The minimum absolute atomic E-state index is 0.0810. The Kier molecular flexibility index (Phi) is 3.34. The van der Waals surface area contributed by atoms with Crippen LogP contribution in [0.1, 0.15) is 29.6 Å². The van der Waals surface area contributed by atoms with Crippen molar-refractivity contribution in [1.82, 2.24) is 5.32 Å². The van der Waals surface area contributed by atoms with Crippen molar-refractivity contribution in [1.29, 1.82) is 0 Å². The van der Waals surface area contributed by atoms with Gasteiger partial charge in [-0.3, -0.25) is 4.79 Å². The highest BCUT2D eigenvalue weighted by atomic mass is 35.5. The van der Waals surface area contributed by atoms with E-state index in [4.69, 9.17) is 17.3 Å². The summed E-state index contributed by atoms with van der Waals surface area (Å²) in [6, 6.07) is 4.94. The van der Waals surface area contributed by atoms with Crippen LogP contribution in [0.2, 0.25) is 5.02 Å². The molecule has 86 valence electrons. The molecule has 0 radical (unpaired) electrons. The third-order valence-corrected chi connectivity index (χ3v) is 3.13. The van der Waals surface area contributed by atoms with Crippen LogP contribution in [0, 0.1) is 5.92 Å². The van der Waals surface area contributed by atoms with Gasteiger partial charge in [0.05, 0.1) is 10.7 Å². The second-order valence-electron chi connectivity index (χ2n) is 4.22. The van der Waals surface area contributed by atoms with Crippen LogP contribution in [0.15, 0.2) is 18.2 Å². The standard InChI is InChI=1S/C12H15ClN2O/c13-10-7-9(3-4-11(10)14)12(16)15-6-5-8-1-2-8/h3-4,7-8H,1-2,5-6,14H2,(H,15,16). The Morgan fingerprint density at radius 1 is 1.50 bits per heavy atom. The average molecular weight is 239 g/mol. The van der Waals surface area contributed by atoms with E-state index >= 15 is 0 Å². The summed E-state index contributed by atoms with van der Waals surface area (Å²) >= 11 is 5.85. The Labute approximate surface area is 100.0 Å². The van der Waals surface area contributed by atoms with Crippen LogP contribution in [-0.4, -0.2) is 12.5 Å². The Morgan fingerprint density at radius 2 is 2.25 bits per heavy atom. The largest absolute Gasteiger partial charge is 0.398 e. The van der Waals surface area contributed by atoms with Crippen molar-refractivity contribution >= 4 is 23.2 Å². The lowest BCUT2D eigenvalue weighted by Gasteiger charge is -2.05. The summed E-state index contributed by atoms with van der Waals surface area (Å²) in [6.45, 7) is 0.742. The summed E-state index contributed by atoms with van der Waals surface area (Å²) in [5.41, 5.74) is 6.63. The minimum atomic E-state index is -0.0810. The number of anilines is 1. The second kappa shape index (κ2) is 4.74. The lowest BCUT2D eigenvalue weighted by molar-refractivity contribution is 0.0952. The van der Waals surface area contributed by atoms with Gasteiger partial charge in [0.1, 0.15) is 0 Å². The number of carbonyl (C=O) groups excluding carboxylic acids is 1. The van der Waals surface area contributed by atoms with Gasteiger partial charge in [0, 0.05) is 12.1 Å². The van der Waals surface area contributed by atoms with Crippen molar-refractivity contribution in [3.8, 4) is 0 Å². The molecule has 1 amide bonds. The molecular formula is C12H15ClN2O. The summed E-state index contributed by atoms with van der Waals surface area (Å²) in [7, 11) is 0. The molecule has 4 heteroatoms. The number of hydrogen-bond donors (Lipinski definition) is 2. The highest BCUT2D eigenvalue weighted by molar-refractivity contribution is 6.33. The van der Waals surface area contributed by atoms with Gasteiger partial charge in [0.25, 0.3) is 5.91 Å². The maximum absolute atomic E-state index is 11.7. The Morgan fingerprint density at radius 3 is 2.88 bits per heavy atom.